The zero-order valence-corrected chi connectivity index (χ0v) is 20.0. The maximum absolute atomic E-state index is 13.0. The van der Waals surface area contributed by atoms with Crippen molar-refractivity contribution in [3.8, 4) is 11.5 Å². The van der Waals surface area contributed by atoms with Gasteiger partial charge in [-0.05, 0) is 56.3 Å². The highest BCUT2D eigenvalue weighted by molar-refractivity contribution is 6.30. The summed E-state index contributed by atoms with van der Waals surface area (Å²) in [5.74, 6) is 0.0788. The summed E-state index contributed by atoms with van der Waals surface area (Å²) in [7, 11) is 2.91. The molecule has 8 nitrogen and oxygen atoms in total. The van der Waals surface area contributed by atoms with Crippen molar-refractivity contribution >= 4 is 29.0 Å². The van der Waals surface area contributed by atoms with E-state index in [1.807, 2.05) is 19.9 Å². The van der Waals surface area contributed by atoms with Crippen LogP contribution in [-0.2, 0) is 4.74 Å². The lowest BCUT2D eigenvalue weighted by Crippen LogP contribution is -2.20. The van der Waals surface area contributed by atoms with Gasteiger partial charge in [-0.1, -0.05) is 33.6 Å². The second kappa shape index (κ2) is 10.9. The van der Waals surface area contributed by atoms with Gasteiger partial charge in [0, 0.05) is 17.0 Å². The van der Waals surface area contributed by atoms with Gasteiger partial charge in [0.15, 0.2) is 0 Å². The van der Waals surface area contributed by atoms with Crippen LogP contribution in [-0.4, -0.2) is 42.0 Å². The van der Waals surface area contributed by atoms with E-state index in [4.69, 9.17) is 25.8 Å². The Morgan fingerprint density at radius 1 is 1.03 bits per heavy atom. The molecule has 0 amide bonds. The molecule has 2 N–H and O–H groups in total. The Kier molecular flexibility index (Phi) is 7.96. The average molecular weight is 485 g/mol. The molecule has 2 aromatic carbocycles. The monoisotopic (exact) mass is 484 g/mol. The number of ether oxygens (including phenoxy) is 3. The molecule has 178 valence electrons. The lowest BCUT2D eigenvalue weighted by atomic mass is 9.88. The summed E-state index contributed by atoms with van der Waals surface area (Å²) in [6, 6.07) is 8.04. The first-order valence-corrected chi connectivity index (χ1v) is 10.7. The molecule has 34 heavy (non-hydrogen) atoms. The second-order valence-corrected chi connectivity index (χ2v) is 8.11. The van der Waals surface area contributed by atoms with Crippen LogP contribution in [0.2, 0.25) is 5.02 Å². The van der Waals surface area contributed by atoms with Gasteiger partial charge >= 0.3 is 5.97 Å². The second-order valence-electron chi connectivity index (χ2n) is 7.67. The summed E-state index contributed by atoms with van der Waals surface area (Å²) in [6.45, 7) is 3.88. The number of allylic oxidation sites excluding steroid dienone is 3. The lowest BCUT2D eigenvalue weighted by Gasteiger charge is -2.26. The molecule has 0 heterocycles. The Morgan fingerprint density at radius 2 is 1.65 bits per heavy atom. The molecule has 0 fully saturated rings. The molecule has 2 aromatic rings. The van der Waals surface area contributed by atoms with Gasteiger partial charge in [-0.3, -0.25) is 0 Å². The van der Waals surface area contributed by atoms with Crippen molar-refractivity contribution < 1.29 is 29.4 Å². The van der Waals surface area contributed by atoms with Gasteiger partial charge in [0.1, 0.15) is 29.0 Å². The summed E-state index contributed by atoms with van der Waals surface area (Å²) >= 11 is 5.94. The predicted octanol–water partition coefficient (Wildman–Crippen LogP) is 5.54. The van der Waals surface area contributed by atoms with Crippen LogP contribution in [0.3, 0.4) is 0 Å². The lowest BCUT2D eigenvalue weighted by molar-refractivity contribution is 0.0297. The topological polar surface area (TPSA) is 110 Å². The molecular formula is C25H25ClN2O6. The largest absolute Gasteiger partial charge is 0.496 e. The highest BCUT2D eigenvalue weighted by atomic mass is 35.5. The van der Waals surface area contributed by atoms with Crippen LogP contribution < -0.4 is 9.47 Å². The first-order chi connectivity index (χ1) is 16.3. The molecule has 0 spiro atoms. The van der Waals surface area contributed by atoms with E-state index >= 15 is 0 Å². The number of carbonyl (C=O) groups excluding carboxylic acids is 1. The predicted molar refractivity (Wildman–Crippen MR) is 129 cm³/mol. The van der Waals surface area contributed by atoms with Gasteiger partial charge in [-0.15, -0.1) is 0 Å². The van der Waals surface area contributed by atoms with Crippen LogP contribution in [0.25, 0.3) is 0 Å². The highest BCUT2D eigenvalue weighted by Crippen LogP contribution is 2.42. The Labute approximate surface area is 202 Å². The number of carbonyl (C=O) groups is 1. The summed E-state index contributed by atoms with van der Waals surface area (Å²) in [5, 5.41) is 26.3. The minimum atomic E-state index is -0.771. The summed E-state index contributed by atoms with van der Waals surface area (Å²) in [6.07, 6.45) is 4.48. The molecule has 0 aromatic heterocycles. The van der Waals surface area contributed by atoms with Crippen LogP contribution in [0.5, 0.6) is 11.5 Å². The van der Waals surface area contributed by atoms with Crippen molar-refractivity contribution in [2.45, 2.75) is 26.4 Å². The third-order valence-electron chi connectivity index (χ3n) is 5.24. The molecule has 0 radical (unpaired) electrons. The smallest absolute Gasteiger partial charge is 0.338 e. The number of esters is 1. The van der Waals surface area contributed by atoms with E-state index < -0.39 is 12.1 Å². The summed E-state index contributed by atoms with van der Waals surface area (Å²) in [5.41, 5.74) is 2.96. The van der Waals surface area contributed by atoms with Gasteiger partial charge < -0.3 is 24.6 Å². The molecule has 1 aliphatic rings. The van der Waals surface area contributed by atoms with Gasteiger partial charge in [-0.25, -0.2) is 4.79 Å². The van der Waals surface area contributed by atoms with Crippen molar-refractivity contribution in [2.75, 3.05) is 14.2 Å². The standard InChI is InChI=1S/C25H25ClN2O6/c1-14(2)5-12-20(34-25(29)15-6-8-16(26)9-7-15)17-13-21(32-3)22-18(27-30)10-11-19(28-31)23(22)24(17)33-4/h5-11,13,20,30-31H,12H2,1-4H3/b27-18+,28-19+/t20-/m0/s1. The summed E-state index contributed by atoms with van der Waals surface area (Å²) in [4.78, 5) is 13.0. The number of hydrogen-bond acceptors (Lipinski definition) is 8. The van der Waals surface area contributed by atoms with Crippen LogP contribution in [0, 0.1) is 0 Å². The summed E-state index contributed by atoms with van der Waals surface area (Å²) < 4.78 is 17.2. The van der Waals surface area contributed by atoms with Crippen LogP contribution in [0.4, 0.5) is 0 Å². The van der Waals surface area contributed by atoms with E-state index in [2.05, 4.69) is 10.3 Å². The highest BCUT2D eigenvalue weighted by Gasteiger charge is 2.32. The molecule has 3 rings (SSSR count). The van der Waals surface area contributed by atoms with E-state index in [0.717, 1.165) is 5.57 Å². The minimum Gasteiger partial charge on any atom is -0.496 e. The third-order valence-corrected chi connectivity index (χ3v) is 5.49. The normalized spacial score (nSPS) is 15.6. The Bertz CT molecular complexity index is 1190. The van der Waals surface area contributed by atoms with Gasteiger partial charge in [-0.2, -0.15) is 0 Å². The molecule has 0 saturated heterocycles. The van der Waals surface area contributed by atoms with E-state index in [9.17, 15) is 15.2 Å². The van der Waals surface area contributed by atoms with E-state index in [-0.39, 0.29) is 11.4 Å². The number of nitrogens with zero attached hydrogens (tertiary/aromatic N) is 2. The van der Waals surface area contributed by atoms with Gasteiger partial charge in [0.25, 0.3) is 0 Å². The first kappa shape index (κ1) is 24.9. The maximum atomic E-state index is 13.0. The Hall–Kier alpha value is -3.78. The van der Waals surface area contributed by atoms with Crippen LogP contribution >= 0.6 is 11.6 Å². The Morgan fingerprint density at radius 3 is 2.18 bits per heavy atom. The maximum Gasteiger partial charge on any atom is 0.338 e. The minimum absolute atomic E-state index is 0.171. The van der Waals surface area contributed by atoms with Crippen molar-refractivity contribution in [1.29, 1.82) is 0 Å². The van der Waals surface area contributed by atoms with Gasteiger partial charge in [0.05, 0.1) is 30.9 Å². The van der Waals surface area contributed by atoms with Gasteiger partial charge in [0.2, 0.25) is 0 Å². The molecule has 0 unspecified atom stereocenters. The molecule has 1 aliphatic carbocycles. The fourth-order valence-electron chi connectivity index (χ4n) is 3.63. The zero-order valence-electron chi connectivity index (χ0n) is 19.2. The van der Waals surface area contributed by atoms with Crippen molar-refractivity contribution in [2.24, 2.45) is 10.3 Å². The molecule has 0 bridgehead atoms. The Balaban J connectivity index is 2.20. The first-order valence-electron chi connectivity index (χ1n) is 10.4. The zero-order chi connectivity index (χ0) is 24.8. The molecule has 9 heteroatoms. The van der Waals surface area contributed by atoms with Crippen LogP contribution in [0.15, 0.2) is 64.4 Å². The molecular weight excluding hydrogens is 460 g/mol. The number of benzene rings is 2. The van der Waals surface area contributed by atoms with Crippen LogP contribution in [0.1, 0.15) is 53.4 Å². The fraction of sp³-hybridized carbons (Fsp3) is 0.240. The molecule has 0 saturated carbocycles. The molecule has 1 atom stereocenters. The number of hydrogen-bond donors (Lipinski definition) is 2. The van der Waals surface area contributed by atoms with E-state index in [1.54, 1.807) is 30.3 Å². The van der Waals surface area contributed by atoms with Crippen molar-refractivity contribution in [3.05, 3.63) is 81.4 Å². The fourth-order valence-corrected chi connectivity index (χ4v) is 3.76. The average Bonchev–Trinajstić information content (AvgIpc) is 2.84. The SMILES string of the molecule is COc1cc([C@H](CC=C(C)C)OC(=O)c2ccc(Cl)cc2)c(OC)c2c1/C(=N/O)C=C/C2=N\O. The van der Waals surface area contributed by atoms with E-state index in [1.165, 1.54) is 26.4 Å². The van der Waals surface area contributed by atoms with E-state index in [0.29, 0.717) is 45.2 Å². The quantitative estimate of drug-likeness (QED) is 0.231. The number of halogens is 1. The number of fused-ring (bicyclic) bond motifs is 1. The molecule has 0 aliphatic heterocycles. The third kappa shape index (κ3) is 5.07. The number of methoxy groups -OCH3 is 2. The number of oxime groups is 2. The number of rotatable bonds is 7. The van der Waals surface area contributed by atoms with Crippen molar-refractivity contribution in [1.82, 2.24) is 0 Å². The van der Waals surface area contributed by atoms with Crippen molar-refractivity contribution in [3.63, 3.8) is 0 Å².